The first-order valence-electron chi connectivity index (χ1n) is 6.34. The minimum absolute atomic E-state index is 0.0975. The Morgan fingerprint density at radius 1 is 1.00 bits per heavy atom. The van der Waals surface area contributed by atoms with Crippen molar-refractivity contribution in [2.45, 2.75) is 0 Å². The molecule has 0 bridgehead atoms. The number of hydrogen-bond acceptors (Lipinski definition) is 2. The molecule has 0 saturated carbocycles. The smallest absolute Gasteiger partial charge is 0.203 e. The van der Waals surface area contributed by atoms with Crippen LogP contribution in [0.15, 0.2) is 76.8 Å². The number of ketones is 1. The zero-order chi connectivity index (χ0) is 15.1. The van der Waals surface area contributed by atoms with Gasteiger partial charge in [0.05, 0.1) is 0 Å². The van der Waals surface area contributed by atoms with E-state index in [1.165, 1.54) is 0 Å². The van der Waals surface area contributed by atoms with E-state index in [1.54, 1.807) is 30.3 Å². The highest BCUT2D eigenvalue weighted by molar-refractivity contribution is 9.12. The van der Waals surface area contributed by atoms with Crippen LogP contribution in [0.25, 0.3) is 6.08 Å². The first kappa shape index (κ1) is 15.0. The summed E-state index contributed by atoms with van der Waals surface area (Å²) in [6.45, 7) is 0. The monoisotopic (exact) mass is 337 g/mol. The lowest BCUT2D eigenvalue weighted by Crippen LogP contribution is -2.01. The summed E-state index contributed by atoms with van der Waals surface area (Å²) >= 11 is 3.38. The molecule has 2 aromatic carbocycles. The van der Waals surface area contributed by atoms with Crippen molar-refractivity contribution in [3.63, 3.8) is 0 Å². The molecular weight excluding hydrogens is 326 g/mol. The van der Waals surface area contributed by atoms with Crippen molar-refractivity contribution in [2.75, 3.05) is 0 Å². The minimum atomic E-state index is -0.281. The molecule has 0 spiro atoms. The lowest BCUT2D eigenvalue weighted by molar-refractivity contribution is 0.103. The van der Waals surface area contributed by atoms with Crippen molar-refractivity contribution in [1.82, 2.24) is 0 Å². The Labute approximate surface area is 132 Å². The summed E-state index contributed by atoms with van der Waals surface area (Å²) in [6, 6.07) is 20.4. The number of carbonyl (C=O) groups excluding carboxylic acids is 1. The normalized spacial score (nSPS) is 11.8. The molecular formula is C18H12BrNO. The molecule has 0 amide bonds. The summed E-state index contributed by atoms with van der Waals surface area (Å²) < 4.78 is 0.675. The molecule has 0 aliphatic carbocycles. The number of nitriles is 1. The quantitative estimate of drug-likeness (QED) is 0.349. The van der Waals surface area contributed by atoms with Crippen molar-refractivity contribution in [1.29, 1.82) is 5.26 Å². The average Bonchev–Trinajstić information content (AvgIpc) is 2.53. The van der Waals surface area contributed by atoms with E-state index >= 15 is 0 Å². The predicted molar refractivity (Wildman–Crippen MR) is 87.8 cm³/mol. The van der Waals surface area contributed by atoms with Gasteiger partial charge in [-0.25, -0.2) is 0 Å². The maximum atomic E-state index is 12.2. The van der Waals surface area contributed by atoms with E-state index in [1.807, 2.05) is 48.5 Å². The van der Waals surface area contributed by atoms with Gasteiger partial charge in [0.15, 0.2) is 0 Å². The summed E-state index contributed by atoms with van der Waals surface area (Å²) in [6.07, 6.45) is 3.40. The Morgan fingerprint density at radius 2 is 1.57 bits per heavy atom. The maximum absolute atomic E-state index is 12.2. The highest BCUT2D eigenvalue weighted by atomic mass is 79.9. The average molecular weight is 338 g/mol. The van der Waals surface area contributed by atoms with E-state index in [-0.39, 0.29) is 11.4 Å². The van der Waals surface area contributed by atoms with Crippen LogP contribution in [0, 0.1) is 11.3 Å². The van der Waals surface area contributed by atoms with Crippen molar-refractivity contribution in [3.8, 4) is 6.07 Å². The Bertz CT molecular complexity index is 725. The zero-order valence-corrected chi connectivity index (χ0v) is 12.7. The second-order valence-electron chi connectivity index (χ2n) is 4.30. The SMILES string of the molecule is N#C/C(=C/C(Br)=C/c1ccccc1)C(=O)c1ccccc1. The zero-order valence-electron chi connectivity index (χ0n) is 11.2. The molecule has 0 aliphatic heterocycles. The molecule has 2 nitrogen and oxygen atoms in total. The van der Waals surface area contributed by atoms with Crippen LogP contribution in [0.4, 0.5) is 0 Å². The van der Waals surface area contributed by atoms with Gasteiger partial charge in [-0.2, -0.15) is 5.26 Å². The van der Waals surface area contributed by atoms with Crippen LogP contribution in [0.2, 0.25) is 0 Å². The van der Waals surface area contributed by atoms with Gasteiger partial charge < -0.3 is 0 Å². The van der Waals surface area contributed by atoms with Gasteiger partial charge >= 0.3 is 0 Å². The van der Waals surface area contributed by atoms with Gasteiger partial charge in [-0.3, -0.25) is 4.79 Å². The fraction of sp³-hybridized carbons (Fsp3) is 0. The van der Waals surface area contributed by atoms with Gasteiger partial charge in [0, 0.05) is 10.0 Å². The maximum Gasteiger partial charge on any atom is 0.203 e. The van der Waals surface area contributed by atoms with Crippen molar-refractivity contribution in [3.05, 3.63) is 87.9 Å². The Hall–Kier alpha value is -2.44. The summed E-state index contributed by atoms with van der Waals surface area (Å²) in [5.74, 6) is -0.281. The topological polar surface area (TPSA) is 40.9 Å². The standard InChI is InChI=1S/C18H12BrNO/c19-17(11-14-7-3-1-4-8-14)12-16(13-20)18(21)15-9-5-2-6-10-15/h1-12H/b16-12-,17-11-. The third kappa shape index (κ3) is 4.27. The number of Topliss-reactive ketones (excluding diaryl/α,β-unsaturated/α-hetero) is 1. The molecule has 102 valence electrons. The first-order valence-corrected chi connectivity index (χ1v) is 7.14. The van der Waals surface area contributed by atoms with Crippen LogP contribution in [-0.4, -0.2) is 5.78 Å². The molecule has 0 unspecified atom stereocenters. The molecule has 0 aromatic heterocycles. The van der Waals surface area contributed by atoms with E-state index in [0.29, 0.717) is 10.0 Å². The highest BCUT2D eigenvalue weighted by Gasteiger charge is 2.11. The molecule has 0 fully saturated rings. The van der Waals surface area contributed by atoms with Crippen LogP contribution < -0.4 is 0 Å². The van der Waals surface area contributed by atoms with E-state index in [0.717, 1.165) is 5.56 Å². The highest BCUT2D eigenvalue weighted by Crippen LogP contribution is 2.17. The fourth-order valence-electron chi connectivity index (χ4n) is 1.78. The van der Waals surface area contributed by atoms with Crippen LogP contribution in [0.3, 0.4) is 0 Å². The van der Waals surface area contributed by atoms with Gasteiger partial charge in [0.1, 0.15) is 11.6 Å². The van der Waals surface area contributed by atoms with Crippen LogP contribution in [0.5, 0.6) is 0 Å². The van der Waals surface area contributed by atoms with Gasteiger partial charge in [0.25, 0.3) is 0 Å². The molecule has 2 rings (SSSR count). The molecule has 3 heteroatoms. The molecule has 21 heavy (non-hydrogen) atoms. The van der Waals surface area contributed by atoms with E-state index < -0.39 is 0 Å². The Balaban J connectivity index is 2.27. The summed E-state index contributed by atoms with van der Waals surface area (Å²) in [5, 5.41) is 9.19. The van der Waals surface area contributed by atoms with Crippen LogP contribution in [0.1, 0.15) is 15.9 Å². The van der Waals surface area contributed by atoms with Gasteiger partial charge in [0.2, 0.25) is 5.78 Å². The second-order valence-corrected chi connectivity index (χ2v) is 5.22. The third-order valence-electron chi connectivity index (χ3n) is 2.79. The van der Waals surface area contributed by atoms with E-state index in [4.69, 9.17) is 0 Å². The number of halogens is 1. The number of carbonyl (C=O) groups is 1. The largest absolute Gasteiger partial charge is 0.288 e. The molecule has 0 saturated heterocycles. The molecule has 0 N–H and O–H groups in total. The number of allylic oxidation sites excluding steroid dienone is 3. The summed E-state index contributed by atoms with van der Waals surface area (Å²) in [4.78, 5) is 12.2. The van der Waals surface area contributed by atoms with Gasteiger partial charge in [-0.05, 0) is 17.7 Å². The summed E-state index contributed by atoms with van der Waals surface area (Å²) in [7, 11) is 0. The number of hydrogen-bond donors (Lipinski definition) is 0. The summed E-state index contributed by atoms with van der Waals surface area (Å²) in [5.41, 5.74) is 1.59. The molecule has 0 aliphatic rings. The Morgan fingerprint density at radius 3 is 2.14 bits per heavy atom. The second kappa shape index (κ2) is 7.37. The van der Waals surface area contributed by atoms with Crippen molar-refractivity contribution in [2.24, 2.45) is 0 Å². The van der Waals surface area contributed by atoms with E-state index in [2.05, 4.69) is 15.9 Å². The Kier molecular flexibility index (Phi) is 5.25. The molecule has 2 aromatic rings. The van der Waals surface area contributed by atoms with Crippen LogP contribution in [-0.2, 0) is 0 Å². The molecule has 0 heterocycles. The fourth-order valence-corrected chi connectivity index (χ4v) is 2.27. The van der Waals surface area contributed by atoms with Crippen molar-refractivity contribution >= 4 is 27.8 Å². The first-order chi connectivity index (χ1) is 10.2. The number of rotatable bonds is 4. The lowest BCUT2D eigenvalue weighted by Gasteiger charge is -1.99. The van der Waals surface area contributed by atoms with Gasteiger partial charge in [-0.15, -0.1) is 0 Å². The number of nitrogens with zero attached hydrogens (tertiary/aromatic N) is 1. The molecule has 0 radical (unpaired) electrons. The van der Waals surface area contributed by atoms with E-state index in [9.17, 15) is 10.1 Å². The number of benzene rings is 2. The predicted octanol–water partition coefficient (Wildman–Crippen LogP) is 4.76. The molecule has 0 atom stereocenters. The van der Waals surface area contributed by atoms with Gasteiger partial charge in [-0.1, -0.05) is 76.6 Å². The van der Waals surface area contributed by atoms with Crippen LogP contribution >= 0.6 is 15.9 Å². The lowest BCUT2D eigenvalue weighted by atomic mass is 10.0. The van der Waals surface area contributed by atoms with Crippen molar-refractivity contribution < 1.29 is 4.79 Å². The third-order valence-corrected chi connectivity index (χ3v) is 3.25. The minimum Gasteiger partial charge on any atom is -0.288 e.